The molecule has 0 radical (unpaired) electrons. The van der Waals surface area contributed by atoms with Crippen molar-refractivity contribution in [3.63, 3.8) is 0 Å². The fourth-order valence-electron chi connectivity index (χ4n) is 2.80. The molecule has 1 N–H and O–H groups in total. The molecule has 3 rings (SSSR count). The van der Waals surface area contributed by atoms with Crippen LogP contribution >= 0.6 is 0 Å². The number of nitrogens with zero attached hydrogens (tertiary/aromatic N) is 3. The van der Waals surface area contributed by atoms with E-state index in [1.807, 2.05) is 6.20 Å². The summed E-state index contributed by atoms with van der Waals surface area (Å²) < 4.78 is 0. The number of aromatic nitrogens is 1. The molecule has 19 heavy (non-hydrogen) atoms. The maximum Gasteiger partial charge on any atom is 0.0562 e. The van der Waals surface area contributed by atoms with Crippen molar-refractivity contribution < 1.29 is 0 Å². The van der Waals surface area contributed by atoms with Gasteiger partial charge < -0.3 is 10.2 Å². The van der Waals surface area contributed by atoms with E-state index < -0.39 is 0 Å². The molecular weight excluding hydrogens is 236 g/mol. The first-order valence-electron chi connectivity index (χ1n) is 7.51. The van der Waals surface area contributed by atoms with Crippen LogP contribution in [0.1, 0.15) is 25.5 Å². The molecule has 0 spiro atoms. The summed E-state index contributed by atoms with van der Waals surface area (Å²) in [5, 5.41) is 3.34. The van der Waals surface area contributed by atoms with Crippen LogP contribution in [-0.2, 0) is 6.54 Å². The predicted molar refractivity (Wildman–Crippen MR) is 78.4 cm³/mol. The van der Waals surface area contributed by atoms with Gasteiger partial charge in [-0.2, -0.15) is 0 Å². The minimum atomic E-state index is 0.867. The summed E-state index contributed by atoms with van der Waals surface area (Å²) in [5.74, 6) is 0. The van der Waals surface area contributed by atoms with E-state index >= 15 is 0 Å². The number of pyridine rings is 1. The quantitative estimate of drug-likeness (QED) is 0.869. The van der Waals surface area contributed by atoms with Crippen LogP contribution in [-0.4, -0.2) is 48.6 Å². The Morgan fingerprint density at radius 1 is 1.26 bits per heavy atom. The molecule has 2 heterocycles. The van der Waals surface area contributed by atoms with Crippen LogP contribution in [0.4, 0.5) is 5.69 Å². The summed E-state index contributed by atoms with van der Waals surface area (Å²) in [6.45, 7) is 8.73. The SMILES string of the molecule is CCNCc1cc(N2CCN(C3CC3)CC2)ccn1. The van der Waals surface area contributed by atoms with Gasteiger partial charge in [0, 0.05) is 50.6 Å². The maximum atomic E-state index is 4.43. The molecule has 1 saturated heterocycles. The fourth-order valence-corrected chi connectivity index (χ4v) is 2.80. The van der Waals surface area contributed by atoms with Gasteiger partial charge >= 0.3 is 0 Å². The maximum absolute atomic E-state index is 4.43. The Labute approximate surface area is 115 Å². The lowest BCUT2D eigenvalue weighted by atomic mass is 10.2. The van der Waals surface area contributed by atoms with Gasteiger partial charge in [0.05, 0.1) is 5.69 Å². The number of hydrogen-bond donors (Lipinski definition) is 1. The van der Waals surface area contributed by atoms with Gasteiger partial charge in [0.1, 0.15) is 0 Å². The lowest BCUT2D eigenvalue weighted by molar-refractivity contribution is 0.248. The zero-order chi connectivity index (χ0) is 13.1. The molecule has 2 fully saturated rings. The molecule has 2 aliphatic rings. The average molecular weight is 260 g/mol. The third kappa shape index (κ3) is 3.25. The summed E-state index contributed by atoms with van der Waals surface area (Å²) in [5.41, 5.74) is 2.47. The van der Waals surface area contributed by atoms with Crippen LogP contribution in [0.25, 0.3) is 0 Å². The lowest BCUT2D eigenvalue weighted by Crippen LogP contribution is -2.47. The highest BCUT2D eigenvalue weighted by molar-refractivity contribution is 5.47. The van der Waals surface area contributed by atoms with Gasteiger partial charge in [-0.25, -0.2) is 0 Å². The van der Waals surface area contributed by atoms with Gasteiger partial charge in [0.25, 0.3) is 0 Å². The van der Waals surface area contributed by atoms with Crippen molar-refractivity contribution in [3.8, 4) is 0 Å². The Morgan fingerprint density at radius 2 is 2.05 bits per heavy atom. The Kier molecular flexibility index (Phi) is 3.99. The molecule has 0 amide bonds. The summed E-state index contributed by atoms with van der Waals surface area (Å²) in [6, 6.07) is 5.28. The van der Waals surface area contributed by atoms with Crippen LogP contribution in [0.5, 0.6) is 0 Å². The van der Waals surface area contributed by atoms with E-state index in [1.54, 1.807) is 0 Å². The molecule has 4 nitrogen and oxygen atoms in total. The van der Waals surface area contributed by atoms with Crippen molar-refractivity contribution in [2.24, 2.45) is 0 Å². The molecule has 1 aliphatic carbocycles. The average Bonchev–Trinajstić information content (AvgIpc) is 3.30. The fraction of sp³-hybridized carbons (Fsp3) is 0.667. The molecule has 0 bridgehead atoms. The highest BCUT2D eigenvalue weighted by Gasteiger charge is 2.31. The second kappa shape index (κ2) is 5.88. The van der Waals surface area contributed by atoms with Crippen molar-refractivity contribution in [1.29, 1.82) is 0 Å². The Hall–Kier alpha value is -1.13. The first-order chi connectivity index (χ1) is 9.36. The summed E-state index contributed by atoms with van der Waals surface area (Å²) in [6.07, 6.45) is 4.78. The standard InChI is InChI=1S/C15H24N4/c1-2-16-12-13-11-15(5-6-17-13)19-9-7-18(8-10-19)14-3-4-14/h5-6,11,14,16H,2-4,7-10,12H2,1H3. The van der Waals surface area contributed by atoms with Crippen LogP contribution in [0.2, 0.25) is 0 Å². The lowest BCUT2D eigenvalue weighted by Gasteiger charge is -2.36. The third-order valence-corrected chi connectivity index (χ3v) is 4.10. The summed E-state index contributed by atoms with van der Waals surface area (Å²) >= 11 is 0. The van der Waals surface area contributed by atoms with Crippen LogP contribution < -0.4 is 10.2 Å². The smallest absolute Gasteiger partial charge is 0.0562 e. The van der Waals surface area contributed by atoms with Gasteiger partial charge in [-0.1, -0.05) is 6.92 Å². The minimum Gasteiger partial charge on any atom is -0.369 e. The van der Waals surface area contributed by atoms with E-state index in [2.05, 4.69) is 39.2 Å². The first kappa shape index (κ1) is 12.9. The van der Waals surface area contributed by atoms with Gasteiger partial charge in [-0.05, 0) is 31.5 Å². The zero-order valence-corrected chi connectivity index (χ0v) is 11.8. The Morgan fingerprint density at radius 3 is 2.74 bits per heavy atom. The van der Waals surface area contributed by atoms with Crippen LogP contribution in [0.15, 0.2) is 18.3 Å². The van der Waals surface area contributed by atoms with E-state index in [1.165, 1.54) is 31.6 Å². The molecular formula is C15H24N4. The number of piperazine rings is 1. The van der Waals surface area contributed by atoms with Gasteiger partial charge in [-0.15, -0.1) is 0 Å². The summed E-state index contributed by atoms with van der Waals surface area (Å²) in [4.78, 5) is 9.57. The minimum absolute atomic E-state index is 0.867. The molecule has 1 saturated carbocycles. The molecule has 0 aromatic carbocycles. The largest absolute Gasteiger partial charge is 0.369 e. The topological polar surface area (TPSA) is 31.4 Å². The third-order valence-electron chi connectivity index (χ3n) is 4.10. The normalized spacial score (nSPS) is 20.8. The molecule has 1 aromatic rings. The molecule has 4 heteroatoms. The van der Waals surface area contributed by atoms with Crippen LogP contribution in [0.3, 0.4) is 0 Å². The van der Waals surface area contributed by atoms with E-state index in [0.29, 0.717) is 0 Å². The predicted octanol–water partition coefficient (Wildman–Crippen LogP) is 1.48. The molecule has 1 aliphatic heterocycles. The second-order valence-corrected chi connectivity index (χ2v) is 5.54. The van der Waals surface area contributed by atoms with E-state index in [-0.39, 0.29) is 0 Å². The van der Waals surface area contributed by atoms with Crippen molar-refractivity contribution in [2.45, 2.75) is 32.4 Å². The zero-order valence-electron chi connectivity index (χ0n) is 11.8. The molecule has 104 valence electrons. The highest BCUT2D eigenvalue weighted by Crippen LogP contribution is 2.28. The molecule has 0 unspecified atom stereocenters. The van der Waals surface area contributed by atoms with Crippen molar-refractivity contribution in [3.05, 3.63) is 24.0 Å². The van der Waals surface area contributed by atoms with Crippen molar-refractivity contribution >= 4 is 5.69 Å². The number of anilines is 1. The molecule has 1 aromatic heterocycles. The first-order valence-corrected chi connectivity index (χ1v) is 7.51. The van der Waals surface area contributed by atoms with Crippen molar-refractivity contribution in [2.75, 3.05) is 37.6 Å². The van der Waals surface area contributed by atoms with Gasteiger partial charge in [0.2, 0.25) is 0 Å². The van der Waals surface area contributed by atoms with Crippen LogP contribution in [0, 0.1) is 0 Å². The Balaban J connectivity index is 1.59. The number of nitrogens with one attached hydrogen (secondary N) is 1. The number of rotatable bonds is 5. The van der Waals surface area contributed by atoms with Gasteiger partial charge in [-0.3, -0.25) is 9.88 Å². The molecule has 0 atom stereocenters. The van der Waals surface area contributed by atoms with Crippen molar-refractivity contribution in [1.82, 2.24) is 15.2 Å². The highest BCUT2D eigenvalue weighted by atomic mass is 15.3. The number of hydrogen-bond acceptors (Lipinski definition) is 4. The van der Waals surface area contributed by atoms with Gasteiger partial charge in [0.15, 0.2) is 0 Å². The Bertz CT molecular complexity index is 408. The van der Waals surface area contributed by atoms with E-state index in [0.717, 1.165) is 37.9 Å². The second-order valence-electron chi connectivity index (χ2n) is 5.54. The van der Waals surface area contributed by atoms with E-state index in [9.17, 15) is 0 Å². The summed E-state index contributed by atoms with van der Waals surface area (Å²) in [7, 11) is 0. The van der Waals surface area contributed by atoms with E-state index in [4.69, 9.17) is 0 Å². The monoisotopic (exact) mass is 260 g/mol.